The number of halogens is 2. The van der Waals surface area contributed by atoms with Gasteiger partial charge in [-0.15, -0.1) is 0 Å². The van der Waals surface area contributed by atoms with Crippen LogP contribution < -0.4 is 9.47 Å². The third kappa shape index (κ3) is 5.77. The maximum Gasteiger partial charge on any atom is 0.266 e. The first-order chi connectivity index (χ1) is 16.0. The molecule has 2 heterocycles. The lowest BCUT2D eigenvalue weighted by Crippen LogP contribution is -2.35. The Morgan fingerprint density at radius 1 is 1.33 bits per heavy atom. The van der Waals surface area contributed by atoms with Crippen molar-refractivity contribution in [1.82, 2.24) is 4.90 Å². The van der Waals surface area contributed by atoms with Crippen molar-refractivity contribution in [2.75, 3.05) is 19.8 Å². The van der Waals surface area contributed by atoms with E-state index in [1.165, 1.54) is 17.8 Å². The van der Waals surface area contributed by atoms with Gasteiger partial charge in [-0.2, -0.15) is 0 Å². The first-order valence-electron chi connectivity index (χ1n) is 10.7. The monoisotopic (exact) mass is 551 g/mol. The highest BCUT2D eigenvalue weighted by molar-refractivity contribution is 9.10. The van der Waals surface area contributed by atoms with E-state index >= 15 is 0 Å². The van der Waals surface area contributed by atoms with Crippen molar-refractivity contribution in [1.29, 1.82) is 0 Å². The number of ether oxygens (including phenoxy) is 3. The van der Waals surface area contributed by atoms with Gasteiger partial charge in [0.2, 0.25) is 0 Å². The van der Waals surface area contributed by atoms with Crippen molar-refractivity contribution in [3.63, 3.8) is 0 Å². The van der Waals surface area contributed by atoms with Gasteiger partial charge in [-0.05, 0) is 65.5 Å². The average molecular weight is 552 g/mol. The Kier molecular flexibility index (Phi) is 8.06. The Labute approximate surface area is 210 Å². The zero-order valence-electron chi connectivity index (χ0n) is 18.0. The first kappa shape index (κ1) is 24.2. The lowest BCUT2D eigenvalue weighted by atomic mass is 10.1. The second kappa shape index (κ2) is 11.0. The van der Waals surface area contributed by atoms with E-state index in [0.29, 0.717) is 43.9 Å². The minimum atomic E-state index is -0.326. The van der Waals surface area contributed by atoms with Crippen LogP contribution in [-0.2, 0) is 16.1 Å². The topological polar surface area (TPSA) is 48.0 Å². The van der Waals surface area contributed by atoms with Crippen LogP contribution in [0.4, 0.5) is 4.39 Å². The molecule has 2 saturated heterocycles. The summed E-state index contributed by atoms with van der Waals surface area (Å²) in [5.74, 6) is 0.537. The highest BCUT2D eigenvalue weighted by Crippen LogP contribution is 2.40. The molecule has 9 heteroatoms. The molecule has 2 aromatic rings. The van der Waals surface area contributed by atoms with E-state index in [2.05, 4.69) is 15.9 Å². The van der Waals surface area contributed by atoms with Gasteiger partial charge >= 0.3 is 0 Å². The van der Waals surface area contributed by atoms with Crippen LogP contribution in [0.3, 0.4) is 0 Å². The van der Waals surface area contributed by atoms with E-state index in [1.807, 2.05) is 13.0 Å². The molecule has 0 bridgehead atoms. The van der Waals surface area contributed by atoms with E-state index in [4.69, 9.17) is 26.4 Å². The third-order valence-electron chi connectivity index (χ3n) is 5.24. The fourth-order valence-corrected chi connectivity index (χ4v) is 5.49. The highest BCUT2D eigenvalue weighted by atomic mass is 79.9. The predicted molar refractivity (Wildman–Crippen MR) is 135 cm³/mol. The van der Waals surface area contributed by atoms with Crippen molar-refractivity contribution < 1.29 is 23.4 Å². The first-order valence-corrected chi connectivity index (χ1v) is 12.7. The minimum absolute atomic E-state index is 0.0384. The van der Waals surface area contributed by atoms with Crippen molar-refractivity contribution in [2.45, 2.75) is 32.5 Å². The maximum atomic E-state index is 14.0. The molecule has 2 fully saturated rings. The molecule has 174 valence electrons. The molecule has 0 spiro atoms. The standard InChI is InChI=1S/C24H23BrFNO4S2/c1-2-29-20-11-15(10-18(25)22(20)31-14-16-6-3-4-8-19(16)26)12-21-23(28)27(24(32)33-21)13-17-7-5-9-30-17/h3-4,6,8,10-12,17H,2,5,7,9,13-14H2,1H3/b21-12-/t17-/m1/s1. The summed E-state index contributed by atoms with van der Waals surface area (Å²) in [6.45, 7) is 3.58. The Bertz CT molecular complexity index is 1090. The van der Waals surface area contributed by atoms with Gasteiger partial charge < -0.3 is 14.2 Å². The number of rotatable bonds is 8. The summed E-state index contributed by atoms with van der Waals surface area (Å²) >= 11 is 10.3. The average Bonchev–Trinajstić information content (AvgIpc) is 3.39. The minimum Gasteiger partial charge on any atom is -0.490 e. The summed E-state index contributed by atoms with van der Waals surface area (Å²) in [5.41, 5.74) is 1.21. The van der Waals surface area contributed by atoms with Crippen LogP contribution in [0.15, 0.2) is 45.8 Å². The fourth-order valence-electron chi connectivity index (χ4n) is 3.64. The molecule has 0 aromatic heterocycles. The lowest BCUT2D eigenvalue weighted by Gasteiger charge is -2.18. The van der Waals surface area contributed by atoms with E-state index in [0.717, 1.165) is 25.0 Å². The van der Waals surface area contributed by atoms with Gasteiger partial charge in [0.05, 0.1) is 28.6 Å². The number of amides is 1. The Balaban J connectivity index is 1.54. The molecule has 0 radical (unpaired) electrons. The quantitative estimate of drug-likeness (QED) is 0.298. The zero-order valence-corrected chi connectivity index (χ0v) is 21.2. The van der Waals surface area contributed by atoms with Crippen LogP contribution >= 0.6 is 39.9 Å². The molecule has 1 atom stereocenters. The molecule has 0 aliphatic carbocycles. The van der Waals surface area contributed by atoms with E-state index in [9.17, 15) is 9.18 Å². The van der Waals surface area contributed by atoms with E-state index in [1.54, 1.807) is 35.2 Å². The number of carbonyl (C=O) groups is 1. The molecule has 0 saturated carbocycles. The molecule has 5 nitrogen and oxygen atoms in total. The van der Waals surface area contributed by atoms with Crippen molar-refractivity contribution in [2.24, 2.45) is 0 Å². The highest BCUT2D eigenvalue weighted by Gasteiger charge is 2.34. The largest absolute Gasteiger partial charge is 0.490 e. The number of benzene rings is 2. The smallest absolute Gasteiger partial charge is 0.266 e. The van der Waals surface area contributed by atoms with Gasteiger partial charge in [0.25, 0.3) is 5.91 Å². The number of carbonyl (C=O) groups excluding carboxylic acids is 1. The Morgan fingerprint density at radius 2 is 2.15 bits per heavy atom. The number of nitrogens with zero attached hydrogens (tertiary/aromatic N) is 1. The van der Waals surface area contributed by atoms with Crippen LogP contribution in [0.5, 0.6) is 11.5 Å². The molecule has 1 amide bonds. The molecule has 33 heavy (non-hydrogen) atoms. The summed E-state index contributed by atoms with van der Waals surface area (Å²) in [6.07, 6.45) is 3.78. The number of thioether (sulfide) groups is 1. The van der Waals surface area contributed by atoms with Crippen molar-refractivity contribution in [3.05, 3.63) is 62.7 Å². The van der Waals surface area contributed by atoms with Crippen LogP contribution in [0.2, 0.25) is 0 Å². The fraction of sp³-hybridized carbons (Fsp3) is 0.333. The predicted octanol–water partition coefficient (Wildman–Crippen LogP) is 5.95. The number of hydrogen-bond acceptors (Lipinski definition) is 6. The van der Waals surface area contributed by atoms with Crippen molar-refractivity contribution in [3.8, 4) is 11.5 Å². The summed E-state index contributed by atoms with van der Waals surface area (Å²) < 4.78 is 32.5. The molecular formula is C24H23BrFNO4S2. The SMILES string of the molecule is CCOc1cc(/C=C2\SC(=S)N(C[C@H]3CCCO3)C2=O)cc(Br)c1OCc1ccccc1F. The van der Waals surface area contributed by atoms with Crippen LogP contribution in [-0.4, -0.2) is 41.0 Å². The lowest BCUT2D eigenvalue weighted by molar-refractivity contribution is -0.123. The third-order valence-corrected chi connectivity index (χ3v) is 7.21. The molecular weight excluding hydrogens is 529 g/mol. The Morgan fingerprint density at radius 3 is 2.88 bits per heavy atom. The zero-order chi connectivity index (χ0) is 23.4. The second-order valence-electron chi connectivity index (χ2n) is 7.57. The molecule has 0 unspecified atom stereocenters. The summed E-state index contributed by atoms with van der Waals surface area (Å²) in [4.78, 5) is 15.1. The van der Waals surface area contributed by atoms with Crippen LogP contribution in [0, 0.1) is 5.82 Å². The second-order valence-corrected chi connectivity index (χ2v) is 10.1. The van der Waals surface area contributed by atoms with Crippen LogP contribution in [0.1, 0.15) is 30.9 Å². The Hall–Kier alpha value is -1.94. The molecule has 4 rings (SSSR count). The van der Waals surface area contributed by atoms with Crippen molar-refractivity contribution >= 4 is 56.2 Å². The van der Waals surface area contributed by atoms with Gasteiger partial charge in [-0.25, -0.2) is 4.39 Å². The van der Waals surface area contributed by atoms with Gasteiger partial charge in [-0.3, -0.25) is 9.69 Å². The van der Waals surface area contributed by atoms with E-state index in [-0.39, 0.29) is 24.4 Å². The summed E-state index contributed by atoms with van der Waals surface area (Å²) in [6, 6.07) is 10.1. The summed E-state index contributed by atoms with van der Waals surface area (Å²) in [7, 11) is 0. The van der Waals surface area contributed by atoms with Gasteiger partial charge in [0.15, 0.2) is 11.5 Å². The maximum absolute atomic E-state index is 14.0. The number of thiocarbonyl (C=S) groups is 1. The van der Waals surface area contributed by atoms with E-state index < -0.39 is 0 Å². The molecule has 2 aliphatic rings. The van der Waals surface area contributed by atoms with Gasteiger partial charge in [-0.1, -0.05) is 42.2 Å². The summed E-state index contributed by atoms with van der Waals surface area (Å²) in [5, 5.41) is 0. The number of hydrogen-bond donors (Lipinski definition) is 0. The molecule has 2 aliphatic heterocycles. The van der Waals surface area contributed by atoms with Gasteiger partial charge in [0.1, 0.15) is 16.7 Å². The molecule has 0 N–H and O–H groups in total. The normalized spacial score (nSPS) is 19.5. The van der Waals surface area contributed by atoms with Gasteiger partial charge in [0, 0.05) is 12.2 Å². The molecule has 2 aromatic carbocycles. The van der Waals surface area contributed by atoms with Crippen LogP contribution in [0.25, 0.3) is 6.08 Å².